The molecule has 0 aliphatic heterocycles. The molecule has 2 atom stereocenters. The second-order valence-electron chi connectivity index (χ2n) is 6.23. The molecular formula is C16H26N6O. The highest BCUT2D eigenvalue weighted by molar-refractivity contribution is 5.74. The van der Waals surface area contributed by atoms with Gasteiger partial charge in [-0.3, -0.25) is 4.68 Å². The monoisotopic (exact) mass is 318 g/mol. The zero-order valence-electron chi connectivity index (χ0n) is 14.3. The lowest BCUT2D eigenvalue weighted by molar-refractivity contribution is 0.234. The van der Waals surface area contributed by atoms with Crippen molar-refractivity contribution in [1.82, 2.24) is 30.0 Å². The van der Waals surface area contributed by atoms with E-state index in [1.807, 2.05) is 36.2 Å². The average Bonchev–Trinajstić information content (AvgIpc) is 3.07. The van der Waals surface area contributed by atoms with Crippen LogP contribution in [0.25, 0.3) is 0 Å². The topological polar surface area (TPSA) is 76.8 Å². The molecule has 0 fully saturated rings. The molecule has 23 heavy (non-hydrogen) atoms. The summed E-state index contributed by atoms with van der Waals surface area (Å²) in [5.41, 5.74) is 2.17. The predicted molar refractivity (Wildman–Crippen MR) is 89.1 cm³/mol. The van der Waals surface area contributed by atoms with Gasteiger partial charge >= 0.3 is 6.03 Å². The van der Waals surface area contributed by atoms with Gasteiger partial charge in [0, 0.05) is 43.8 Å². The van der Waals surface area contributed by atoms with Crippen molar-refractivity contribution in [2.75, 3.05) is 6.54 Å². The van der Waals surface area contributed by atoms with Crippen LogP contribution in [0.3, 0.4) is 0 Å². The lowest BCUT2D eigenvalue weighted by Crippen LogP contribution is -2.44. The van der Waals surface area contributed by atoms with Crippen LogP contribution in [0.15, 0.2) is 24.8 Å². The summed E-state index contributed by atoms with van der Waals surface area (Å²) in [5.74, 6) is 0.308. The van der Waals surface area contributed by atoms with E-state index >= 15 is 0 Å². The van der Waals surface area contributed by atoms with E-state index in [4.69, 9.17) is 0 Å². The molecule has 2 aromatic rings. The van der Waals surface area contributed by atoms with Gasteiger partial charge in [0.25, 0.3) is 0 Å². The lowest BCUT2D eigenvalue weighted by Gasteiger charge is -2.17. The van der Waals surface area contributed by atoms with Crippen LogP contribution in [-0.2, 0) is 13.1 Å². The molecule has 126 valence electrons. The van der Waals surface area contributed by atoms with Crippen molar-refractivity contribution in [2.45, 2.75) is 46.8 Å². The van der Waals surface area contributed by atoms with E-state index in [9.17, 15) is 4.79 Å². The van der Waals surface area contributed by atoms with E-state index < -0.39 is 0 Å². The molecule has 0 unspecified atom stereocenters. The summed E-state index contributed by atoms with van der Waals surface area (Å²) in [6.07, 6.45) is 5.35. The summed E-state index contributed by atoms with van der Waals surface area (Å²) in [6.45, 7) is 10.2. The molecule has 0 spiro atoms. The van der Waals surface area contributed by atoms with Crippen molar-refractivity contribution < 1.29 is 4.79 Å². The zero-order valence-corrected chi connectivity index (χ0v) is 14.3. The first kappa shape index (κ1) is 17.1. The third-order valence-corrected chi connectivity index (χ3v) is 3.62. The Morgan fingerprint density at radius 2 is 2.09 bits per heavy atom. The Labute approximate surface area is 137 Å². The van der Waals surface area contributed by atoms with Crippen LogP contribution in [0, 0.1) is 19.8 Å². The second-order valence-corrected chi connectivity index (χ2v) is 6.23. The fraction of sp³-hybridized carbons (Fsp3) is 0.562. The van der Waals surface area contributed by atoms with Gasteiger partial charge in [0.2, 0.25) is 0 Å². The number of hydrogen-bond donors (Lipinski definition) is 2. The number of aryl methyl sites for hydroxylation is 2. The van der Waals surface area contributed by atoms with Crippen LogP contribution < -0.4 is 10.6 Å². The van der Waals surface area contributed by atoms with Crippen molar-refractivity contribution in [3.8, 4) is 0 Å². The molecule has 7 heteroatoms. The standard InChI is InChI=1S/C16H26N6O/c1-12(9-22-15(4)7-13(2)20-22)8-18-16(23)19-14(3)10-21-6-5-17-11-21/h5-7,11-12,14H,8-10H2,1-4H3,(H2,18,19,23)/t12-,14+/m1/s1. The van der Waals surface area contributed by atoms with Crippen LogP contribution in [0.5, 0.6) is 0 Å². The third kappa shape index (κ3) is 5.43. The predicted octanol–water partition coefficient (Wildman–Crippen LogP) is 1.72. The second kappa shape index (κ2) is 7.80. The van der Waals surface area contributed by atoms with E-state index in [1.165, 1.54) is 0 Å². The Balaban J connectivity index is 1.70. The summed E-state index contributed by atoms with van der Waals surface area (Å²) in [7, 11) is 0. The van der Waals surface area contributed by atoms with Gasteiger partial charge < -0.3 is 15.2 Å². The highest BCUT2D eigenvalue weighted by atomic mass is 16.2. The first-order valence-electron chi connectivity index (χ1n) is 7.95. The minimum Gasteiger partial charge on any atom is -0.338 e. The first-order chi connectivity index (χ1) is 10.9. The number of nitrogens with one attached hydrogen (secondary N) is 2. The molecule has 7 nitrogen and oxygen atoms in total. The fourth-order valence-electron chi connectivity index (χ4n) is 2.52. The van der Waals surface area contributed by atoms with Crippen molar-refractivity contribution in [1.29, 1.82) is 0 Å². The van der Waals surface area contributed by atoms with E-state index in [-0.39, 0.29) is 12.1 Å². The van der Waals surface area contributed by atoms with Crippen LogP contribution in [-0.4, -0.2) is 37.9 Å². The minimum absolute atomic E-state index is 0.0375. The van der Waals surface area contributed by atoms with E-state index in [2.05, 4.69) is 33.7 Å². The van der Waals surface area contributed by atoms with Crippen molar-refractivity contribution in [2.24, 2.45) is 5.92 Å². The number of amides is 2. The molecule has 2 rings (SSSR count). The molecule has 2 N–H and O–H groups in total. The van der Waals surface area contributed by atoms with Crippen molar-refractivity contribution in [3.05, 3.63) is 36.2 Å². The Hall–Kier alpha value is -2.31. The largest absolute Gasteiger partial charge is 0.338 e. The smallest absolute Gasteiger partial charge is 0.315 e. The molecule has 0 saturated heterocycles. The van der Waals surface area contributed by atoms with Crippen LogP contribution in [0.4, 0.5) is 4.79 Å². The number of imidazole rings is 1. The van der Waals surface area contributed by atoms with Crippen LogP contribution in [0.1, 0.15) is 25.2 Å². The molecule has 0 aliphatic carbocycles. The number of nitrogens with zero attached hydrogens (tertiary/aromatic N) is 4. The van der Waals surface area contributed by atoms with Gasteiger partial charge in [0.15, 0.2) is 0 Å². The summed E-state index contributed by atoms with van der Waals surface area (Å²) >= 11 is 0. The zero-order chi connectivity index (χ0) is 16.8. The van der Waals surface area contributed by atoms with Crippen LogP contribution >= 0.6 is 0 Å². The lowest BCUT2D eigenvalue weighted by atomic mass is 10.2. The van der Waals surface area contributed by atoms with E-state index in [1.54, 1.807) is 12.5 Å². The molecule has 0 saturated carbocycles. The average molecular weight is 318 g/mol. The highest BCUT2D eigenvalue weighted by Crippen LogP contribution is 2.05. The Kier molecular flexibility index (Phi) is 5.78. The van der Waals surface area contributed by atoms with Crippen LogP contribution in [0.2, 0.25) is 0 Å². The summed E-state index contributed by atoms with van der Waals surface area (Å²) in [5, 5.41) is 10.3. The number of aromatic nitrogens is 4. The molecule has 0 bridgehead atoms. The Morgan fingerprint density at radius 1 is 1.30 bits per heavy atom. The first-order valence-corrected chi connectivity index (χ1v) is 7.95. The summed E-state index contributed by atoms with van der Waals surface area (Å²) < 4.78 is 3.93. The summed E-state index contributed by atoms with van der Waals surface area (Å²) in [4.78, 5) is 15.9. The van der Waals surface area contributed by atoms with Crippen molar-refractivity contribution in [3.63, 3.8) is 0 Å². The molecular weight excluding hydrogens is 292 g/mol. The Bertz CT molecular complexity index is 619. The van der Waals surface area contributed by atoms with E-state index in [0.717, 1.165) is 17.9 Å². The maximum atomic E-state index is 11.9. The maximum absolute atomic E-state index is 11.9. The van der Waals surface area contributed by atoms with Gasteiger partial charge in [-0.05, 0) is 32.8 Å². The number of urea groups is 1. The fourth-order valence-corrected chi connectivity index (χ4v) is 2.52. The van der Waals surface area contributed by atoms with Gasteiger partial charge in [-0.15, -0.1) is 0 Å². The number of carbonyl (C=O) groups is 1. The third-order valence-electron chi connectivity index (χ3n) is 3.62. The SMILES string of the molecule is Cc1cc(C)n(C[C@H](C)CNC(=O)N[C@@H](C)Cn2ccnc2)n1. The minimum atomic E-state index is -0.141. The molecule has 0 radical (unpaired) electrons. The maximum Gasteiger partial charge on any atom is 0.315 e. The van der Waals surface area contributed by atoms with Gasteiger partial charge in [-0.2, -0.15) is 5.10 Å². The Morgan fingerprint density at radius 3 is 2.70 bits per heavy atom. The molecule has 0 aromatic carbocycles. The molecule has 2 amide bonds. The molecule has 2 aromatic heterocycles. The van der Waals surface area contributed by atoms with Crippen molar-refractivity contribution >= 4 is 6.03 Å². The van der Waals surface area contributed by atoms with Gasteiger partial charge in [-0.25, -0.2) is 9.78 Å². The number of hydrogen-bond acceptors (Lipinski definition) is 3. The highest BCUT2D eigenvalue weighted by Gasteiger charge is 2.11. The van der Waals surface area contributed by atoms with Gasteiger partial charge in [0.05, 0.1) is 12.0 Å². The summed E-state index contributed by atoms with van der Waals surface area (Å²) in [6, 6.07) is 1.96. The quantitative estimate of drug-likeness (QED) is 0.816. The number of rotatable bonds is 7. The van der Waals surface area contributed by atoms with E-state index in [0.29, 0.717) is 19.0 Å². The number of carbonyl (C=O) groups excluding carboxylic acids is 1. The van der Waals surface area contributed by atoms with Gasteiger partial charge in [0.1, 0.15) is 0 Å². The molecule has 0 aliphatic rings. The van der Waals surface area contributed by atoms with Gasteiger partial charge in [-0.1, -0.05) is 6.92 Å². The molecule has 2 heterocycles. The normalized spacial score (nSPS) is 13.6.